The van der Waals surface area contributed by atoms with Crippen LogP contribution in [0.3, 0.4) is 0 Å². The molecule has 2 aromatic rings. The number of amides is 2. The molecule has 2 amide bonds. The molecule has 1 unspecified atom stereocenters. The van der Waals surface area contributed by atoms with Crippen molar-refractivity contribution < 1.29 is 13.9 Å². The summed E-state index contributed by atoms with van der Waals surface area (Å²) in [6.45, 7) is 7.47. The fourth-order valence-corrected chi connectivity index (χ4v) is 2.51. The second kappa shape index (κ2) is 6.20. The number of carbonyl (C=O) groups excluding carboxylic acids is 1. The fraction of sp³-hybridized carbons (Fsp3) is 0.529. The standard InChI is InChI=1S/C17H23N3O3/c1-17(2,3)15-20-13-9-11(6-7-14(13)23-15)19-16(21)18-10-12-5-4-8-22-12/h6-7,9,12H,4-5,8,10H2,1-3H3,(H2,18,19,21). The summed E-state index contributed by atoms with van der Waals surface area (Å²) in [6, 6.07) is 5.22. The third kappa shape index (κ3) is 3.82. The van der Waals surface area contributed by atoms with E-state index in [0.29, 0.717) is 18.1 Å². The van der Waals surface area contributed by atoms with Gasteiger partial charge >= 0.3 is 6.03 Å². The number of rotatable bonds is 3. The van der Waals surface area contributed by atoms with Gasteiger partial charge in [0.1, 0.15) is 5.52 Å². The molecule has 124 valence electrons. The molecule has 6 heteroatoms. The van der Waals surface area contributed by atoms with Gasteiger partial charge in [0.2, 0.25) is 5.89 Å². The van der Waals surface area contributed by atoms with Crippen LogP contribution in [0.1, 0.15) is 39.5 Å². The lowest BCUT2D eigenvalue weighted by atomic mass is 9.97. The third-order valence-electron chi connectivity index (χ3n) is 3.80. The van der Waals surface area contributed by atoms with E-state index in [4.69, 9.17) is 9.15 Å². The van der Waals surface area contributed by atoms with Crippen molar-refractivity contribution in [2.75, 3.05) is 18.5 Å². The molecule has 6 nitrogen and oxygen atoms in total. The minimum Gasteiger partial charge on any atom is -0.440 e. The lowest BCUT2D eigenvalue weighted by molar-refractivity contribution is 0.112. The Morgan fingerprint density at radius 3 is 2.91 bits per heavy atom. The monoisotopic (exact) mass is 317 g/mol. The van der Waals surface area contributed by atoms with Gasteiger partial charge in [0, 0.05) is 24.3 Å². The predicted octanol–water partition coefficient (Wildman–Crippen LogP) is 3.43. The maximum Gasteiger partial charge on any atom is 0.319 e. The van der Waals surface area contributed by atoms with Crippen molar-refractivity contribution in [1.82, 2.24) is 10.3 Å². The van der Waals surface area contributed by atoms with E-state index in [0.717, 1.165) is 30.5 Å². The van der Waals surface area contributed by atoms with Gasteiger partial charge in [-0.25, -0.2) is 9.78 Å². The van der Waals surface area contributed by atoms with E-state index < -0.39 is 0 Å². The fourth-order valence-electron chi connectivity index (χ4n) is 2.51. The highest BCUT2D eigenvalue weighted by atomic mass is 16.5. The minimum absolute atomic E-state index is 0.133. The summed E-state index contributed by atoms with van der Waals surface area (Å²) in [5.74, 6) is 0.687. The van der Waals surface area contributed by atoms with Crippen LogP contribution in [0, 0.1) is 0 Å². The number of ether oxygens (including phenoxy) is 1. The highest BCUT2D eigenvalue weighted by Crippen LogP contribution is 2.27. The van der Waals surface area contributed by atoms with Crippen LogP contribution in [0.15, 0.2) is 22.6 Å². The summed E-state index contributed by atoms with van der Waals surface area (Å²) in [6.07, 6.45) is 2.20. The Bertz CT molecular complexity index is 697. The number of hydrogen-bond donors (Lipinski definition) is 2. The van der Waals surface area contributed by atoms with E-state index in [-0.39, 0.29) is 17.6 Å². The van der Waals surface area contributed by atoms with Gasteiger partial charge in [0.05, 0.1) is 6.10 Å². The Kier molecular flexibility index (Phi) is 4.26. The van der Waals surface area contributed by atoms with Gasteiger partial charge in [0.15, 0.2) is 5.58 Å². The Morgan fingerprint density at radius 2 is 2.22 bits per heavy atom. The molecule has 1 aromatic carbocycles. The number of oxazole rings is 1. The number of nitrogens with zero attached hydrogens (tertiary/aromatic N) is 1. The average Bonchev–Trinajstić information content (AvgIpc) is 3.13. The van der Waals surface area contributed by atoms with E-state index in [1.54, 1.807) is 0 Å². The summed E-state index contributed by atoms with van der Waals surface area (Å²) in [7, 11) is 0. The molecule has 0 saturated carbocycles. The number of carbonyl (C=O) groups is 1. The first-order valence-corrected chi connectivity index (χ1v) is 7.99. The van der Waals surface area contributed by atoms with Gasteiger partial charge in [-0.05, 0) is 31.0 Å². The first-order valence-electron chi connectivity index (χ1n) is 7.99. The second-order valence-corrected chi connectivity index (χ2v) is 6.92. The third-order valence-corrected chi connectivity index (χ3v) is 3.80. The molecule has 1 aliphatic rings. The molecule has 0 spiro atoms. The number of fused-ring (bicyclic) bond motifs is 1. The quantitative estimate of drug-likeness (QED) is 0.909. The number of hydrogen-bond acceptors (Lipinski definition) is 4. The van der Waals surface area contributed by atoms with Crippen LogP contribution < -0.4 is 10.6 Å². The number of urea groups is 1. The Morgan fingerprint density at radius 1 is 1.39 bits per heavy atom. The van der Waals surface area contributed by atoms with E-state index in [2.05, 4.69) is 36.4 Å². The minimum atomic E-state index is -0.237. The topological polar surface area (TPSA) is 76.4 Å². The van der Waals surface area contributed by atoms with E-state index >= 15 is 0 Å². The molecule has 2 N–H and O–H groups in total. The van der Waals surface area contributed by atoms with Crippen LogP contribution in [0.2, 0.25) is 0 Å². The molecule has 1 aliphatic heterocycles. The Labute approximate surface area is 135 Å². The predicted molar refractivity (Wildman–Crippen MR) is 88.7 cm³/mol. The molecule has 0 bridgehead atoms. The highest BCUT2D eigenvalue weighted by molar-refractivity contribution is 5.91. The van der Waals surface area contributed by atoms with Crippen molar-refractivity contribution in [2.45, 2.75) is 45.1 Å². The maximum atomic E-state index is 11.9. The molecule has 23 heavy (non-hydrogen) atoms. The van der Waals surface area contributed by atoms with Crippen LogP contribution in [0.5, 0.6) is 0 Å². The van der Waals surface area contributed by atoms with Crippen molar-refractivity contribution in [2.24, 2.45) is 0 Å². The van der Waals surface area contributed by atoms with Crippen LogP contribution in [0.4, 0.5) is 10.5 Å². The zero-order valence-corrected chi connectivity index (χ0v) is 13.8. The van der Waals surface area contributed by atoms with Crippen molar-refractivity contribution >= 4 is 22.8 Å². The molecule has 1 aromatic heterocycles. The first-order chi connectivity index (χ1) is 10.9. The maximum absolute atomic E-state index is 11.9. The van der Waals surface area contributed by atoms with Gasteiger partial charge in [-0.3, -0.25) is 0 Å². The van der Waals surface area contributed by atoms with Crippen molar-refractivity contribution in [3.63, 3.8) is 0 Å². The molecule has 1 saturated heterocycles. The average molecular weight is 317 g/mol. The van der Waals surface area contributed by atoms with Crippen LogP contribution >= 0.6 is 0 Å². The molecule has 1 fully saturated rings. The van der Waals surface area contributed by atoms with Crippen LogP contribution in [-0.4, -0.2) is 30.3 Å². The number of aromatic nitrogens is 1. The van der Waals surface area contributed by atoms with Gasteiger partial charge < -0.3 is 19.8 Å². The Balaban J connectivity index is 1.64. The lowest BCUT2D eigenvalue weighted by Crippen LogP contribution is -2.34. The first kappa shape index (κ1) is 15.8. The normalized spacial score (nSPS) is 18.3. The molecule has 0 radical (unpaired) electrons. The Hall–Kier alpha value is -2.08. The molecule has 2 heterocycles. The smallest absolute Gasteiger partial charge is 0.319 e. The summed E-state index contributed by atoms with van der Waals surface area (Å²) < 4.78 is 11.2. The van der Waals surface area contributed by atoms with E-state index in [9.17, 15) is 4.79 Å². The number of anilines is 1. The van der Waals surface area contributed by atoms with Crippen LogP contribution in [0.25, 0.3) is 11.1 Å². The SMILES string of the molecule is CC(C)(C)c1nc2cc(NC(=O)NCC3CCCO3)ccc2o1. The van der Waals surface area contributed by atoms with Crippen LogP contribution in [-0.2, 0) is 10.2 Å². The number of benzene rings is 1. The van der Waals surface area contributed by atoms with Gasteiger partial charge in [0.25, 0.3) is 0 Å². The van der Waals surface area contributed by atoms with Gasteiger partial charge in [-0.15, -0.1) is 0 Å². The zero-order valence-electron chi connectivity index (χ0n) is 13.8. The van der Waals surface area contributed by atoms with Gasteiger partial charge in [-0.2, -0.15) is 0 Å². The van der Waals surface area contributed by atoms with E-state index in [1.165, 1.54) is 0 Å². The second-order valence-electron chi connectivity index (χ2n) is 6.92. The lowest BCUT2D eigenvalue weighted by Gasteiger charge is -2.11. The van der Waals surface area contributed by atoms with Crippen molar-refractivity contribution in [1.29, 1.82) is 0 Å². The number of nitrogens with one attached hydrogen (secondary N) is 2. The summed E-state index contributed by atoms with van der Waals surface area (Å²) in [5, 5.41) is 5.65. The van der Waals surface area contributed by atoms with Crippen molar-refractivity contribution in [3.8, 4) is 0 Å². The summed E-state index contributed by atoms with van der Waals surface area (Å²) >= 11 is 0. The molecule has 3 rings (SSSR count). The van der Waals surface area contributed by atoms with Crippen molar-refractivity contribution in [3.05, 3.63) is 24.1 Å². The molecular formula is C17H23N3O3. The largest absolute Gasteiger partial charge is 0.440 e. The molecule has 1 atom stereocenters. The van der Waals surface area contributed by atoms with E-state index in [1.807, 2.05) is 18.2 Å². The summed E-state index contributed by atoms with van der Waals surface area (Å²) in [5.41, 5.74) is 2.01. The van der Waals surface area contributed by atoms with Gasteiger partial charge in [-0.1, -0.05) is 20.8 Å². The highest BCUT2D eigenvalue weighted by Gasteiger charge is 2.21. The molecular weight excluding hydrogens is 294 g/mol. The summed E-state index contributed by atoms with van der Waals surface area (Å²) in [4.78, 5) is 16.5. The molecule has 0 aliphatic carbocycles. The zero-order chi connectivity index (χ0) is 16.4.